The number of aliphatic hydroxyl groups is 1. The zero-order chi connectivity index (χ0) is 16.6. The number of hydrogen-bond donors (Lipinski definition) is 3. The second kappa shape index (κ2) is 4.01. The van der Waals surface area contributed by atoms with Gasteiger partial charge in [-0.2, -0.15) is 0 Å². The molecule has 120 valence electrons. The van der Waals surface area contributed by atoms with Gasteiger partial charge in [0, 0.05) is 6.07 Å². The number of phenolic OH excluding ortho intramolecular Hbond substituents is 2. The van der Waals surface area contributed by atoms with Gasteiger partial charge >= 0.3 is 0 Å². The Morgan fingerprint density at radius 1 is 1.12 bits per heavy atom. The van der Waals surface area contributed by atoms with E-state index in [2.05, 4.69) is 0 Å². The average Bonchev–Trinajstić information content (AvgIpc) is 3.00. The summed E-state index contributed by atoms with van der Waals surface area (Å²) in [5, 5.41) is 31.1. The van der Waals surface area contributed by atoms with E-state index in [9.17, 15) is 20.1 Å². The molecule has 0 saturated carbocycles. The van der Waals surface area contributed by atoms with Crippen LogP contribution in [0.2, 0.25) is 0 Å². The van der Waals surface area contributed by atoms with Crippen molar-refractivity contribution in [1.82, 2.24) is 0 Å². The molecule has 3 aromatic rings. The highest BCUT2D eigenvalue weighted by molar-refractivity contribution is 5.97. The van der Waals surface area contributed by atoms with Crippen LogP contribution in [-0.2, 0) is 10.3 Å². The standard InChI is InChI=1S/C17H10O7/c18-7-2-1-3-8-11(7)14(19)12-9(23-8)6-10-13(15(12)20)17(21)4-5-22-16(17)24-10/h1-6,16,18,20-21H. The lowest BCUT2D eigenvalue weighted by atomic mass is 9.93. The Kier molecular flexibility index (Phi) is 2.22. The summed E-state index contributed by atoms with van der Waals surface area (Å²) < 4.78 is 16.3. The molecule has 0 spiro atoms. The summed E-state index contributed by atoms with van der Waals surface area (Å²) in [6, 6.07) is 5.86. The first-order valence-corrected chi connectivity index (χ1v) is 7.18. The van der Waals surface area contributed by atoms with Crippen molar-refractivity contribution < 1.29 is 29.2 Å². The number of ether oxygens (including phenoxy) is 2. The SMILES string of the molecule is O=c1c2c(O)cccc2oc2cc3c(c(O)c12)C1(O)C=COC1O3. The molecule has 0 amide bonds. The quantitative estimate of drug-likeness (QED) is 0.540. The zero-order valence-electron chi connectivity index (χ0n) is 12.0. The van der Waals surface area contributed by atoms with Crippen LogP contribution in [0.15, 0.2) is 45.8 Å². The van der Waals surface area contributed by atoms with Crippen molar-refractivity contribution in [2.24, 2.45) is 0 Å². The second-order valence-corrected chi connectivity index (χ2v) is 5.77. The number of hydrogen-bond acceptors (Lipinski definition) is 7. The minimum Gasteiger partial charge on any atom is -0.507 e. The van der Waals surface area contributed by atoms with Gasteiger partial charge in [-0.05, 0) is 18.2 Å². The van der Waals surface area contributed by atoms with Crippen LogP contribution < -0.4 is 10.2 Å². The maximum atomic E-state index is 12.8. The molecule has 2 aliphatic heterocycles. The van der Waals surface area contributed by atoms with E-state index in [0.29, 0.717) is 0 Å². The Balaban J connectivity index is 1.97. The summed E-state index contributed by atoms with van der Waals surface area (Å²) in [7, 11) is 0. The molecule has 2 atom stereocenters. The number of fused-ring (bicyclic) bond motifs is 5. The van der Waals surface area contributed by atoms with Gasteiger partial charge in [-0.1, -0.05) is 6.07 Å². The van der Waals surface area contributed by atoms with Crippen molar-refractivity contribution >= 4 is 21.9 Å². The summed E-state index contributed by atoms with van der Waals surface area (Å²) >= 11 is 0. The lowest BCUT2D eigenvalue weighted by molar-refractivity contribution is -0.110. The first-order chi connectivity index (χ1) is 11.5. The molecule has 2 unspecified atom stereocenters. The highest BCUT2D eigenvalue weighted by atomic mass is 16.7. The molecular formula is C17H10O7. The van der Waals surface area contributed by atoms with E-state index < -0.39 is 23.1 Å². The average molecular weight is 326 g/mol. The molecular weight excluding hydrogens is 316 g/mol. The lowest BCUT2D eigenvalue weighted by Gasteiger charge is -2.18. The summed E-state index contributed by atoms with van der Waals surface area (Å²) in [4.78, 5) is 12.8. The van der Waals surface area contributed by atoms with Crippen molar-refractivity contribution in [3.63, 3.8) is 0 Å². The molecule has 7 heteroatoms. The molecule has 0 radical (unpaired) electrons. The molecule has 0 saturated heterocycles. The Hall–Kier alpha value is -3.19. The molecule has 7 nitrogen and oxygen atoms in total. The summed E-state index contributed by atoms with van der Waals surface area (Å²) in [6.45, 7) is 0. The van der Waals surface area contributed by atoms with E-state index in [1.807, 2.05) is 0 Å². The van der Waals surface area contributed by atoms with E-state index in [1.54, 1.807) is 6.07 Å². The normalized spacial score (nSPS) is 24.0. The molecule has 0 bridgehead atoms. The van der Waals surface area contributed by atoms with Gasteiger partial charge in [-0.15, -0.1) is 0 Å². The van der Waals surface area contributed by atoms with Gasteiger partial charge in [0.05, 0.1) is 11.8 Å². The van der Waals surface area contributed by atoms with Crippen LogP contribution >= 0.6 is 0 Å². The van der Waals surface area contributed by atoms with E-state index in [1.165, 1.54) is 30.5 Å². The van der Waals surface area contributed by atoms with Crippen molar-refractivity contribution in [2.45, 2.75) is 11.9 Å². The summed E-state index contributed by atoms with van der Waals surface area (Å²) in [5.41, 5.74) is -1.98. The third kappa shape index (κ3) is 1.38. The summed E-state index contributed by atoms with van der Waals surface area (Å²) in [5.74, 6) is -0.541. The molecule has 3 heterocycles. The first-order valence-electron chi connectivity index (χ1n) is 7.18. The predicted octanol–water partition coefficient (Wildman–Crippen LogP) is 1.81. The third-order valence-electron chi connectivity index (χ3n) is 4.42. The highest BCUT2D eigenvalue weighted by Gasteiger charge is 2.53. The van der Waals surface area contributed by atoms with Crippen LogP contribution in [-0.4, -0.2) is 21.6 Å². The monoisotopic (exact) mass is 326 g/mol. The van der Waals surface area contributed by atoms with Gasteiger partial charge in [-0.25, -0.2) is 0 Å². The number of aromatic hydroxyl groups is 2. The van der Waals surface area contributed by atoms with Crippen molar-refractivity contribution in [3.05, 3.63) is 52.4 Å². The van der Waals surface area contributed by atoms with Crippen LogP contribution in [0, 0.1) is 0 Å². The van der Waals surface area contributed by atoms with Crippen LogP contribution in [0.3, 0.4) is 0 Å². The van der Waals surface area contributed by atoms with Crippen molar-refractivity contribution in [2.75, 3.05) is 0 Å². The Bertz CT molecular complexity index is 1130. The largest absolute Gasteiger partial charge is 0.507 e. The molecule has 2 aliphatic rings. The number of phenols is 2. The highest BCUT2D eigenvalue weighted by Crippen LogP contribution is 2.52. The fourth-order valence-corrected chi connectivity index (χ4v) is 3.31. The Morgan fingerprint density at radius 2 is 1.96 bits per heavy atom. The minimum absolute atomic E-state index is 0.0378. The third-order valence-corrected chi connectivity index (χ3v) is 4.42. The fraction of sp³-hybridized carbons (Fsp3) is 0.118. The van der Waals surface area contributed by atoms with Gasteiger partial charge in [0.1, 0.15) is 39.2 Å². The molecule has 1 aromatic heterocycles. The van der Waals surface area contributed by atoms with Gasteiger partial charge in [0.2, 0.25) is 5.43 Å². The van der Waals surface area contributed by atoms with E-state index in [4.69, 9.17) is 13.9 Å². The topological polar surface area (TPSA) is 109 Å². The van der Waals surface area contributed by atoms with Gasteiger partial charge in [0.15, 0.2) is 5.60 Å². The lowest BCUT2D eigenvalue weighted by Crippen LogP contribution is -2.33. The van der Waals surface area contributed by atoms with Crippen LogP contribution in [0.5, 0.6) is 17.2 Å². The summed E-state index contributed by atoms with van der Waals surface area (Å²) in [6.07, 6.45) is 1.58. The molecule has 3 N–H and O–H groups in total. The smallest absolute Gasteiger partial charge is 0.277 e. The van der Waals surface area contributed by atoms with E-state index in [0.717, 1.165) is 0 Å². The van der Waals surface area contributed by atoms with E-state index in [-0.39, 0.29) is 39.0 Å². The maximum Gasteiger partial charge on any atom is 0.277 e. The predicted molar refractivity (Wildman–Crippen MR) is 81.9 cm³/mol. The van der Waals surface area contributed by atoms with Crippen LogP contribution in [0.1, 0.15) is 5.56 Å². The van der Waals surface area contributed by atoms with Crippen LogP contribution in [0.25, 0.3) is 21.9 Å². The molecule has 24 heavy (non-hydrogen) atoms. The second-order valence-electron chi connectivity index (χ2n) is 5.77. The first kappa shape index (κ1) is 13.3. The van der Waals surface area contributed by atoms with Gasteiger partial charge in [0.25, 0.3) is 6.29 Å². The Morgan fingerprint density at radius 3 is 2.79 bits per heavy atom. The molecule has 2 aromatic carbocycles. The van der Waals surface area contributed by atoms with E-state index >= 15 is 0 Å². The van der Waals surface area contributed by atoms with Gasteiger partial charge < -0.3 is 29.2 Å². The van der Waals surface area contributed by atoms with Crippen molar-refractivity contribution in [1.29, 1.82) is 0 Å². The van der Waals surface area contributed by atoms with Crippen molar-refractivity contribution in [3.8, 4) is 17.2 Å². The number of benzene rings is 2. The molecule has 0 fully saturated rings. The minimum atomic E-state index is -1.69. The zero-order valence-corrected chi connectivity index (χ0v) is 12.0. The maximum absolute atomic E-state index is 12.8. The van der Waals surface area contributed by atoms with Gasteiger partial charge in [-0.3, -0.25) is 4.79 Å². The molecule has 0 aliphatic carbocycles. The Labute approximate surface area is 133 Å². The van der Waals surface area contributed by atoms with Crippen LogP contribution in [0.4, 0.5) is 0 Å². The number of rotatable bonds is 0. The fourth-order valence-electron chi connectivity index (χ4n) is 3.31. The molecule has 5 rings (SSSR count).